The monoisotopic (exact) mass is 478 g/mol. The molecule has 5 rings (SSSR count). The maximum atomic E-state index is 10.6. The molecule has 0 saturated carbocycles. The minimum atomic E-state index is -5.08. The number of rotatable bonds is 4. The molecule has 7 nitrogen and oxygen atoms in total. The lowest BCUT2D eigenvalue weighted by molar-refractivity contribution is -0.192. The lowest BCUT2D eigenvalue weighted by Gasteiger charge is -2.30. The van der Waals surface area contributed by atoms with E-state index in [1.54, 1.807) is 17.6 Å². The molecule has 33 heavy (non-hydrogen) atoms. The van der Waals surface area contributed by atoms with Crippen molar-refractivity contribution in [1.82, 2.24) is 19.5 Å². The largest absolute Gasteiger partial charge is 0.490 e. The molecule has 0 aromatic carbocycles. The van der Waals surface area contributed by atoms with E-state index < -0.39 is 12.1 Å². The van der Waals surface area contributed by atoms with Crippen molar-refractivity contribution >= 4 is 23.0 Å². The Hall–Kier alpha value is -3.18. The number of piperidine rings is 1. The van der Waals surface area contributed by atoms with Gasteiger partial charge in [-0.15, -0.1) is 11.3 Å². The number of thiophene rings is 1. The molecule has 1 saturated heterocycles. The van der Waals surface area contributed by atoms with Gasteiger partial charge in [0.05, 0.1) is 12.8 Å². The standard InChI is InChI=1S/C20H20N4OS.C2HF3O2/c1-4-16(12-23(9-1)14-17-5-2-10-25-17)20-21-19-8-7-15(13-24(19)22-20)18-6-3-11-26-18;3-2(4,5)1(6)7/h2-3,5-8,10-11,13,16H,1,4,9,12,14H2;(H,6,7). The van der Waals surface area contributed by atoms with Crippen LogP contribution in [-0.2, 0) is 11.3 Å². The normalized spacial score (nSPS) is 17.0. The Kier molecular flexibility index (Phi) is 6.80. The van der Waals surface area contributed by atoms with Crippen LogP contribution in [-0.4, -0.2) is 49.8 Å². The number of carboxylic acid groups (broad SMARTS) is 1. The van der Waals surface area contributed by atoms with E-state index in [0.29, 0.717) is 5.92 Å². The number of furan rings is 1. The van der Waals surface area contributed by atoms with E-state index in [1.807, 2.05) is 16.6 Å². The molecule has 11 heteroatoms. The van der Waals surface area contributed by atoms with Crippen molar-refractivity contribution in [3.63, 3.8) is 0 Å². The summed E-state index contributed by atoms with van der Waals surface area (Å²) in [6.07, 6.45) is 1.05. The van der Waals surface area contributed by atoms with Crippen molar-refractivity contribution in [2.45, 2.75) is 31.5 Å². The van der Waals surface area contributed by atoms with Crippen LogP contribution < -0.4 is 0 Å². The van der Waals surface area contributed by atoms with Crippen molar-refractivity contribution in [3.8, 4) is 10.4 Å². The Balaban J connectivity index is 0.000000325. The van der Waals surface area contributed by atoms with E-state index >= 15 is 0 Å². The summed E-state index contributed by atoms with van der Waals surface area (Å²) >= 11 is 1.74. The predicted octanol–water partition coefficient (Wildman–Crippen LogP) is 5.06. The SMILES string of the molecule is O=C(O)C(F)(F)F.c1coc(CN2CCCC(c3nc4ccc(-c5cccs5)cn4n3)C2)c1. The number of halogens is 3. The Labute approximate surface area is 191 Å². The van der Waals surface area contributed by atoms with Crippen molar-refractivity contribution in [2.24, 2.45) is 0 Å². The first kappa shape index (κ1) is 23.0. The topological polar surface area (TPSA) is 83.9 Å². The van der Waals surface area contributed by atoms with E-state index in [2.05, 4.69) is 40.7 Å². The molecule has 1 N–H and O–H groups in total. The van der Waals surface area contributed by atoms with Gasteiger partial charge in [-0.05, 0) is 55.1 Å². The van der Waals surface area contributed by atoms with Crippen LogP contribution in [0.25, 0.3) is 16.1 Å². The molecule has 1 atom stereocenters. The number of carbonyl (C=O) groups is 1. The summed E-state index contributed by atoms with van der Waals surface area (Å²) in [4.78, 5) is 17.4. The highest BCUT2D eigenvalue weighted by Gasteiger charge is 2.38. The number of aliphatic carboxylic acids is 1. The number of likely N-dealkylation sites (tertiary alicyclic amines) is 1. The van der Waals surface area contributed by atoms with Gasteiger partial charge in [-0.2, -0.15) is 18.3 Å². The summed E-state index contributed by atoms with van der Waals surface area (Å²) in [5.41, 5.74) is 2.11. The predicted molar refractivity (Wildman–Crippen MR) is 116 cm³/mol. The molecule has 1 unspecified atom stereocenters. The molecule has 1 aliphatic heterocycles. The number of hydrogen-bond acceptors (Lipinski definition) is 6. The maximum Gasteiger partial charge on any atom is 0.490 e. The molecule has 0 spiro atoms. The van der Waals surface area contributed by atoms with Crippen LogP contribution in [0.4, 0.5) is 13.2 Å². The Morgan fingerprint density at radius 2 is 2.06 bits per heavy atom. The molecule has 0 bridgehead atoms. The quantitative estimate of drug-likeness (QED) is 0.441. The molecule has 5 heterocycles. The Bertz CT molecular complexity index is 1190. The highest BCUT2D eigenvalue weighted by Crippen LogP contribution is 2.28. The summed E-state index contributed by atoms with van der Waals surface area (Å²) < 4.78 is 39.2. The number of fused-ring (bicyclic) bond motifs is 1. The third-order valence-corrected chi connectivity index (χ3v) is 6.14. The van der Waals surface area contributed by atoms with Crippen molar-refractivity contribution in [2.75, 3.05) is 13.1 Å². The fourth-order valence-corrected chi connectivity index (χ4v) is 4.41. The molecule has 4 aromatic rings. The van der Waals surface area contributed by atoms with Gasteiger partial charge in [0.1, 0.15) is 5.76 Å². The van der Waals surface area contributed by atoms with E-state index in [4.69, 9.17) is 24.4 Å². The van der Waals surface area contributed by atoms with Crippen molar-refractivity contribution in [3.05, 3.63) is 65.8 Å². The van der Waals surface area contributed by atoms with Gasteiger partial charge in [0.2, 0.25) is 0 Å². The minimum absolute atomic E-state index is 0.379. The molecule has 174 valence electrons. The van der Waals surface area contributed by atoms with Crippen molar-refractivity contribution in [1.29, 1.82) is 0 Å². The van der Waals surface area contributed by atoms with Crippen LogP contribution in [0.1, 0.15) is 30.3 Å². The molecular formula is C22H21F3N4O3S. The first-order valence-corrected chi connectivity index (χ1v) is 11.1. The van der Waals surface area contributed by atoms with Crippen LogP contribution >= 0.6 is 11.3 Å². The summed E-state index contributed by atoms with van der Waals surface area (Å²) in [6.45, 7) is 2.95. The molecule has 1 aliphatic rings. The number of aromatic nitrogens is 3. The molecule has 0 aliphatic carbocycles. The second-order valence-electron chi connectivity index (χ2n) is 7.62. The number of hydrogen-bond donors (Lipinski definition) is 1. The van der Waals surface area contributed by atoms with Gasteiger partial charge in [-0.1, -0.05) is 6.07 Å². The lowest BCUT2D eigenvalue weighted by atomic mass is 9.97. The first-order valence-electron chi connectivity index (χ1n) is 10.2. The van der Waals surface area contributed by atoms with Crippen LogP contribution in [0, 0.1) is 0 Å². The zero-order chi connectivity index (χ0) is 23.4. The fraction of sp³-hybridized carbons (Fsp3) is 0.318. The smallest absolute Gasteiger partial charge is 0.475 e. The van der Waals surface area contributed by atoms with E-state index in [0.717, 1.165) is 43.3 Å². The molecule has 0 amide bonds. The van der Waals surface area contributed by atoms with Crippen molar-refractivity contribution < 1.29 is 27.5 Å². The fourth-order valence-electron chi connectivity index (χ4n) is 3.69. The summed E-state index contributed by atoms with van der Waals surface area (Å²) in [6, 6.07) is 12.4. The lowest BCUT2D eigenvalue weighted by Crippen LogP contribution is -2.34. The minimum Gasteiger partial charge on any atom is -0.475 e. The highest BCUT2D eigenvalue weighted by atomic mass is 32.1. The van der Waals surface area contributed by atoms with Crippen LogP contribution in [0.2, 0.25) is 0 Å². The summed E-state index contributed by atoms with van der Waals surface area (Å²) in [5.74, 6) is -0.400. The van der Waals surface area contributed by atoms with Gasteiger partial charge in [-0.3, -0.25) is 4.90 Å². The van der Waals surface area contributed by atoms with Gasteiger partial charge in [-0.25, -0.2) is 14.3 Å². The Morgan fingerprint density at radius 3 is 2.73 bits per heavy atom. The van der Waals surface area contributed by atoms with E-state index in [9.17, 15) is 13.2 Å². The second-order valence-corrected chi connectivity index (χ2v) is 8.57. The first-order chi connectivity index (χ1) is 15.8. The maximum absolute atomic E-state index is 10.6. The molecule has 4 aromatic heterocycles. The molecule has 1 fully saturated rings. The van der Waals surface area contributed by atoms with Crippen LogP contribution in [0.3, 0.4) is 0 Å². The molecule has 0 radical (unpaired) electrons. The zero-order valence-corrected chi connectivity index (χ0v) is 18.2. The number of nitrogens with zero attached hydrogens (tertiary/aromatic N) is 4. The molecular weight excluding hydrogens is 457 g/mol. The Morgan fingerprint density at radius 1 is 1.24 bits per heavy atom. The number of pyridine rings is 1. The van der Waals surface area contributed by atoms with Crippen LogP contribution in [0.15, 0.2) is 58.7 Å². The third kappa shape index (κ3) is 5.79. The average molecular weight is 478 g/mol. The summed E-state index contributed by atoms with van der Waals surface area (Å²) in [7, 11) is 0. The average Bonchev–Trinajstić information content (AvgIpc) is 3.54. The van der Waals surface area contributed by atoms with E-state index in [1.165, 1.54) is 16.9 Å². The van der Waals surface area contributed by atoms with Crippen LogP contribution in [0.5, 0.6) is 0 Å². The highest BCUT2D eigenvalue weighted by molar-refractivity contribution is 7.13. The van der Waals surface area contributed by atoms with Gasteiger partial charge >= 0.3 is 12.1 Å². The second kappa shape index (κ2) is 9.75. The van der Waals surface area contributed by atoms with Gasteiger partial charge in [0.25, 0.3) is 0 Å². The van der Waals surface area contributed by atoms with E-state index in [-0.39, 0.29) is 0 Å². The third-order valence-electron chi connectivity index (χ3n) is 5.23. The zero-order valence-electron chi connectivity index (χ0n) is 17.4. The van der Waals surface area contributed by atoms with Gasteiger partial charge < -0.3 is 9.52 Å². The number of alkyl halides is 3. The van der Waals surface area contributed by atoms with Gasteiger partial charge in [0.15, 0.2) is 11.5 Å². The van der Waals surface area contributed by atoms with Gasteiger partial charge in [0, 0.05) is 29.1 Å². The number of carboxylic acids is 1. The summed E-state index contributed by atoms with van der Waals surface area (Å²) in [5, 5.41) is 14.0.